The Balaban J connectivity index is 3.58. The molecule has 0 unspecified atom stereocenters. The molecule has 0 aromatic carbocycles. The van der Waals surface area contributed by atoms with Crippen molar-refractivity contribution in [1.29, 1.82) is 0 Å². The van der Waals surface area contributed by atoms with Crippen LogP contribution in [-0.2, 0) is 52.4 Å². The van der Waals surface area contributed by atoms with Gasteiger partial charge in [-0.25, -0.2) is 0 Å². The Hall–Kier alpha value is -2.69. The van der Waals surface area contributed by atoms with Crippen LogP contribution in [0.5, 0.6) is 0 Å². The summed E-state index contributed by atoms with van der Waals surface area (Å²) in [5.41, 5.74) is -2.79. The van der Waals surface area contributed by atoms with Crippen molar-refractivity contribution in [2.24, 2.45) is 16.2 Å². The van der Waals surface area contributed by atoms with Gasteiger partial charge in [-0.05, 0) is 62.3 Å². The summed E-state index contributed by atoms with van der Waals surface area (Å²) >= 11 is 0. The van der Waals surface area contributed by atoms with Gasteiger partial charge in [0.05, 0.1) is 16.2 Å². The second-order valence-corrected chi connectivity index (χ2v) is 11.8. The van der Waals surface area contributed by atoms with Gasteiger partial charge in [0.15, 0.2) is 12.2 Å². The van der Waals surface area contributed by atoms with Gasteiger partial charge in [-0.3, -0.25) is 24.0 Å². The van der Waals surface area contributed by atoms with Crippen LogP contribution in [0.3, 0.4) is 0 Å². The lowest BCUT2D eigenvalue weighted by Crippen LogP contribution is -2.64. The van der Waals surface area contributed by atoms with Gasteiger partial charge in [-0.15, -0.1) is 0 Å². The van der Waals surface area contributed by atoms with Crippen LogP contribution in [-0.4, -0.2) is 67.2 Å². The van der Waals surface area contributed by atoms with Crippen LogP contribution in [0.1, 0.15) is 76.2 Å². The van der Waals surface area contributed by atoms with Crippen molar-refractivity contribution in [3.8, 4) is 0 Å². The number of rotatable bonds is 6. The molecular weight excluding hydrogens is 476 g/mol. The molecule has 0 spiro atoms. The topological polar surface area (TPSA) is 141 Å². The predicted octanol–water partition coefficient (Wildman–Crippen LogP) is 2.71. The first-order chi connectivity index (χ1) is 16.1. The van der Waals surface area contributed by atoms with Crippen LogP contribution in [0.2, 0.25) is 0 Å². The van der Waals surface area contributed by atoms with Crippen LogP contribution in [0.15, 0.2) is 0 Å². The highest BCUT2D eigenvalue weighted by molar-refractivity contribution is 5.77. The highest BCUT2D eigenvalue weighted by atomic mass is 16.7. The standard InChI is InChI=1S/C25H40O11/c1-13(26)32-18-17(36-22(30)25(9,10)11)16(35-21(29)24(6,7)8)15(34-19(18)33-14(2)27)12-31-20(28)23(3,4)5/h15-19H,12H2,1-11H3/t15-,16-,17+,18-,19-/m1/s1. The van der Waals surface area contributed by atoms with Gasteiger partial charge >= 0.3 is 29.8 Å². The monoisotopic (exact) mass is 516 g/mol. The molecule has 11 heteroatoms. The summed E-state index contributed by atoms with van der Waals surface area (Å²) in [5, 5.41) is 0. The zero-order valence-electron chi connectivity index (χ0n) is 23.1. The van der Waals surface area contributed by atoms with Crippen LogP contribution in [0, 0.1) is 16.2 Å². The quantitative estimate of drug-likeness (QED) is 0.380. The van der Waals surface area contributed by atoms with E-state index in [4.69, 9.17) is 28.4 Å². The number of hydrogen-bond acceptors (Lipinski definition) is 11. The minimum atomic E-state index is -1.54. The van der Waals surface area contributed by atoms with Crippen molar-refractivity contribution in [2.45, 2.75) is 107 Å². The Morgan fingerprint density at radius 2 is 1.00 bits per heavy atom. The van der Waals surface area contributed by atoms with Crippen LogP contribution in [0.25, 0.3) is 0 Å². The summed E-state index contributed by atoms with van der Waals surface area (Å²) < 4.78 is 33.2. The molecule has 206 valence electrons. The fourth-order valence-corrected chi connectivity index (χ4v) is 2.84. The molecule has 1 saturated heterocycles. The van der Waals surface area contributed by atoms with Crippen LogP contribution in [0.4, 0.5) is 0 Å². The van der Waals surface area contributed by atoms with E-state index in [9.17, 15) is 24.0 Å². The molecule has 0 aromatic heterocycles. The first kappa shape index (κ1) is 31.3. The third kappa shape index (κ3) is 9.07. The molecule has 0 radical (unpaired) electrons. The van der Waals surface area contributed by atoms with E-state index in [1.54, 1.807) is 62.3 Å². The fraction of sp³-hybridized carbons (Fsp3) is 0.800. The maximum atomic E-state index is 12.9. The van der Waals surface area contributed by atoms with Crippen molar-refractivity contribution in [1.82, 2.24) is 0 Å². The lowest BCUT2D eigenvalue weighted by atomic mass is 9.93. The average molecular weight is 517 g/mol. The second kappa shape index (κ2) is 11.6. The molecule has 0 bridgehead atoms. The van der Waals surface area contributed by atoms with Crippen molar-refractivity contribution in [2.75, 3.05) is 6.61 Å². The molecule has 0 aromatic rings. The molecule has 1 aliphatic rings. The van der Waals surface area contributed by atoms with Gasteiger partial charge in [0.2, 0.25) is 12.4 Å². The third-order valence-electron chi connectivity index (χ3n) is 4.88. The first-order valence-corrected chi connectivity index (χ1v) is 11.7. The number of hydrogen-bond donors (Lipinski definition) is 0. The molecule has 1 heterocycles. The smallest absolute Gasteiger partial charge is 0.311 e. The number of carbonyl (C=O) groups excluding carboxylic acids is 5. The van der Waals surface area contributed by atoms with Gasteiger partial charge in [0.1, 0.15) is 12.7 Å². The van der Waals surface area contributed by atoms with E-state index in [-0.39, 0.29) is 0 Å². The van der Waals surface area contributed by atoms with E-state index in [1.807, 2.05) is 0 Å². The molecule has 0 N–H and O–H groups in total. The summed E-state index contributed by atoms with van der Waals surface area (Å²) in [4.78, 5) is 61.9. The lowest BCUT2D eigenvalue weighted by Gasteiger charge is -2.44. The summed E-state index contributed by atoms with van der Waals surface area (Å²) in [5.74, 6) is -3.49. The lowest BCUT2D eigenvalue weighted by molar-refractivity contribution is -0.302. The molecule has 1 aliphatic heterocycles. The van der Waals surface area contributed by atoms with Gasteiger partial charge in [-0.1, -0.05) is 0 Å². The number of carbonyl (C=O) groups is 5. The fourth-order valence-electron chi connectivity index (χ4n) is 2.84. The maximum Gasteiger partial charge on any atom is 0.311 e. The molecule has 1 rings (SSSR count). The maximum absolute atomic E-state index is 12.9. The second-order valence-electron chi connectivity index (χ2n) is 11.8. The zero-order valence-corrected chi connectivity index (χ0v) is 23.1. The highest BCUT2D eigenvalue weighted by Gasteiger charge is 2.55. The van der Waals surface area contributed by atoms with E-state index in [1.165, 1.54) is 0 Å². The van der Waals surface area contributed by atoms with Crippen molar-refractivity contribution in [3.63, 3.8) is 0 Å². The molecular formula is C25H40O11. The Kier molecular flexibility index (Phi) is 10.1. The van der Waals surface area contributed by atoms with Crippen molar-refractivity contribution < 1.29 is 52.4 Å². The van der Waals surface area contributed by atoms with Gasteiger partial charge < -0.3 is 28.4 Å². The molecule has 36 heavy (non-hydrogen) atoms. The minimum absolute atomic E-state index is 0.424. The number of ether oxygens (including phenoxy) is 6. The van der Waals surface area contributed by atoms with Crippen LogP contribution < -0.4 is 0 Å². The van der Waals surface area contributed by atoms with Gasteiger partial charge in [0.25, 0.3) is 0 Å². The molecule has 0 amide bonds. The van der Waals surface area contributed by atoms with E-state index < -0.39 is 83.4 Å². The first-order valence-electron chi connectivity index (χ1n) is 11.7. The summed E-state index contributed by atoms with van der Waals surface area (Å²) in [6, 6.07) is 0. The molecule has 0 saturated carbocycles. The summed E-state index contributed by atoms with van der Waals surface area (Å²) in [6.45, 7) is 16.5. The molecule has 0 aliphatic carbocycles. The normalized spacial score (nSPS) is 24.8. The average Bonchev–Trinajstić information content (AvgIpc) is 2.67. The molecule has 1 fully saturated rings. The SMILES string of the molecule is CC(=O)O[C@@H]1O[C@H](COC(=O)C(C)(C)C)[C@@H](OC(=O)C(C)(C)C)[C@H](OC(=O)C(C)(C)C)[C@H]1OC(C)=O. The van der Waals surface area contributed by atoms with E-state index in [2.05, 4.69) is 0 Å². The van der Waals surface area contributed by atoms with Crippen molar-refractivity contribution >= 4 is 29.8 Å². The Labute approximate surface area is 212 Å². The molecule has 11 nitrogen and oxygen atoms in total. The summed E-state index contributed by atoms with van der Waals surface area (Å²) in [6.07, 6.45) is -7.04. The van der Waals surface area contributed by atoms with E-state index in [0.29, 0.717) is 0 Å². The Morgan fingerprint density at radius 1 is 0.583 bits per heavy atom. The Morgan fingerprint density at radius 3 is 1.39 bits per heavy atom. The minimum Gasteiger partial charge on any atom is -0.462 e. The van der Waals surface area contributed by atoms with Gasteiger partial charge in [0, 0.05) is 13.8 Å². The zero-order chi connectivity index (χ0) is 28.2. The third-order valence-corrected chi connectivity index (χ3v) is 4.88. The van der Waals surface area contributed by atoms with Crippen molar-refractivity contribution in [3.05, 3.63) is 0 Å². The predicted molar refractivity (Wildman–Crippen MR) is 125 cm³/mol. The van der Waals surface area contributed by atoms with Crippen LogP contribution >= 0.6 is 0 Å². The highest BCUT2D eigenvalue weighted by Crippen LogP contribution is 2.33. The largest absolute Gasteiger partial charge is 0.462 e. The Bertz CT molecular complexity index is 842. The molecule has 5 atom stereocenters. The van der Waals surface area contributed by atoms with E-state index >= 15 is 0 Å². The van der Waals surface area contributed by atoms with Gasteiger partial charge in [-0.2, -0.15) is 0 Å². The van der Waals surface area contributed by atoms with E-state index in [0.717, 1.165) is 13.8 Å². The number of esters is 5. The summed E-state index contributed by atoms with van der Waals surface area (Å²) in [7, 11) is 0.